The summed E-state index contributed by atoms with van der Waals surface area (Å²) in [6.45, 7) is 2.64. The molecule has 5 nitrogen and oxygen atoms in total. The van der Waals surface area contributed by atoms with Crippen molar-refractivity contribution < 1.29 is 22.7 Å². The Hall–Kier alpha value is -1.97. The number of benzene rings is 1. The van der Waals surface area contributed by atoms with Crippen molar-refractivity contribution in [3.63, 3.8) is 0 Å². The first kappa shape index (κ1) is 19.4. The summed E-state index contributed by atoms with van der Waals surface area (Å²) in [6, 6.07) is 5.29. The Bertz CT molecular complexity index is 845. The SMILES string of the molecule is O=C(Nc1nc2c(s1)CN(Cc1ccc(C(F)(F)F)cc1)CC2)C1CCCO1. The molecule has 2 aromatic rings. The second-order valence-electron chi connectivity index (χ2n) is 7.04. The smallest absolute Gasteiger partial charge is 0.368 e. The number of alkyl halides is 3. The molecule has 1 atom stereocenters. The highest BCUT2D eigenvalue weighted by molar-refractivity contribution is 7.15. The summed E-state index contributed by atoms with van der Waals surface area (Å²) in [5, 5.41) is 3.43. The maximum Gasteiger partial charge on any atom is 0.416 e. The van der Waals surface area contributed by atoms with Crippen LogP contribution in [0.3, 0.4) is 0 Å². The molecule has 150 valence electrons. The average Bonchev–Trinajstić information content (AvgIpc) is 3.30. The van der Waals surface area contributed by atoms with Gasteiger partial charge < -0.3 is 4.74 Å². The number of carbonyl (C=O) groups is 1. The highest BCUT2D eigenvalue weighted by Crippen LogP contribution is 2.31. The maximum atomic E-state index is 12.7. The molecule has 2 aliphatic heterocycles. The van der Waals surface area contributed by atoms with Gasteiger partial charge in [-0.25, -0.2) is 4.98 Å². The Labute approximate surface area is 164 Å². The van der Waals surface area contributed by atoms with E-state index in [0.717, 1.165) is 54.1 Å². The Morgan fingerprint density at radius 1 is 1.32 bits per heavy atom. The number of ether oxygens (including phenoxy) is 1. The lowest BCUT2D eigenvalue weighted by molar-refractivity contribution is -0.137. The van der Waals surface area contributed by atoms with Crippen molar-refractivity contribution in [2.24, 2.45) is 0 Å². The fourth-order valence-corrected chi connectivity index (χ4v) is 4.52. The lowest BCUT2D eigenvalue weighted by Crippen LogP contribution is -2.29. The highest BCUT2D eigenvalue weighted by Gasteiger charge is 2.30. The quantitative estimate of drug-likeness (QED) is 0.831. The fourth-order valence-electron chi connectivity index (χ4n) is 3.46. The van der Waals surface area contributed by atoms with Crippen molar-refractivity contribution in [1.82, 2.24) is 9.88 Å². The highest BCUT2D eigenvalue weighted by atomic mass is 32.1. The second-order valence-corrected chi connectivity index (χ2v) is 8.12. The molecule has 1 saturated heterocycles. The molecule has 1 unspecified atom stereocenters. The minimum Gasteiger partial charge on any atom is -0.368 e. The van der Waals surface area contributed by atoms with Gasteiger partial charge in [-0.1, -0.05) is 12.1 Å². The van der Waals surface area contributed by atoms with Gasteiger partial charge in [-0.2, -0.15) is 13.2 Å². The van der Waals surface area contributed by atoms with Crippen molar-refractivity contribution in [3.8, 4) is 0 Å². The number of thiazole rings is 1. The van der Waals surface area contributed by atoms with E-state index in [4.69, 9.17) is 4.74 Å². The molecule has 0 saturated carbocycles. The molecule has 1 amide bonds. The van der Waals surface area contributed by atoms with Gasteiger partial charge in [0.25, 0.3) is 5.91 Å². The van der Waals surface area contributed by atoms with Crippen LogP contribution >= 0.6 is 11.3 Å². The summed E-state index contributed by atoms with van der Waals surface area (Å²) >= 11 is 1.45. The summed E-state index contributed by atoms with van der Waals surface area (Å²) in [6.07, 6.45) is -2.33. The van der Waals surface area contributed by atoms with E-state index in [2.05, 4.69) is 15.2 Å². The molecule has 0 aliphatic carbocycles. The van der Waals surface area contributed by atoms with Crippen LogP contribution in [-0.2, 0) is 35.2 Å². The molecule has 2 aliphatic rings. The lowest BCUT2D eigenvalue weighted by atomic mass is 10.1. The number of fused-ring (bicyclic) bond motifs is 1. The van der Waals surface area contributed by atoms with E-state index in [1.165, 1.54) is 23.5 Å². The summed E-state index contributed by atoms with van der Waals surface area (Å²) in [7, 11) is 0. The average molecular weight is 411 g/mol. The van der Waals surface area contributed by atoms with Gasteiger partial charge in [-0.3, -0.25) is 15.0 Å². The number of nitrogens with one attached hydrogen (secondary N) is 1. The molecule has 9 heteroatoms. The third kappa shape index (κ3) is 4.37. The van der Waals surface area contributed by atoms with Crippen molar-refractivity contribution in [2.75, 3.05) is 18.5 Å². The van der Waals surface area contributed by atoms with Crippen molar-refractivity contribution in [2.45, 2.75) is 44.6 Å². The number of hydrogen-bond acceptors (Lipinski definition) is 5. The van der Waals surface area contributed by atoms with E-state index in [1.807, 2.05) is 0 Å². The topological polar surface area (TPSA) is 54.5 Å². The van der Waals surface area contributed by atoms with E-state index in [-0.39, 0.29) is 5.91 Å². The maximum absolute atomic E-state index is 12.7. The monoisotopic (exact) mass is 411 g/mol. The summed E-state index contributed by atoms with van der Waals surface area (Å²) in [5.74, 6) is -0.148. The molecule has 0 bridgehead atoms. The van der Waals surface area contributed by atoms with E-state index >= 15 is 0 Å². The third-order valence-electron chi connectivity index (χ3n) is 4.95. The van der Waals surface area contributed by atoms with Gasteiger partial charge in [0.2, 0.25) is 0 Å². The molecular formula is C19H20F3N3O2S. The normalized spacial score (nSPS) is 20.2. The van der Waals surface area contributed by atoms with Gasteiger partial charge >= 0.3 is 6.18 Å². The third-order valence-corrected chi connectivity index (χ3v) is 5.95. The van der Waals surface area contributed by atoms with Crippen LogP contribution in [0.5, 0.6) is 0 Å². The first-order valence-corrected chi connectivity index (χ1v) is 10.00. The van der Waals surface area contributed by atoms with E-state index in [0.29, 0.717) is 24.8 Å². The Morgan fingerprint density at radius 3 is 2.79 bits per heavy atom. The van der Waals surface area contributed by atoms with E-state index in [1.54, 1.807) is 0 Å². The number of amides is 1. The van der Waals surface area contributed by atoms with Crippen molar-refractivity contribution >= 4 is 22.4 Å². The first-order chi connectivity index (χ1) is 13.4. The number of nitrogens with zero attached hydrogens (tertiary/aromatic N) is 2. The molecule has 4 rings (SSSR count). The van der Waals surface area contributed by atoms with Gasteiger partial charge in [0.15, 0.2) is 5.13 Å². The van der Waals surface area contributed by atoms with Crippen LogP contribution in [0.4, 0.5) is 18.3 Å². The number of halogens is 3. The molecule has 1 aromatic carbocycles. The van der Waals surface area contributed by atoms with Gasteiger partial charge in [0.05, 0.1) is 11.3 Å². The first-order valence-electron chi connectivity index (χ1n) is 9.18. The Kier molecular flexibility index (Phi) is 5.39. The van der Waals surface area contributed by atoms with Crippen LogP contribution in [0.15, 0.2) is 24.3 Å². The molecule has 1 aromatic heterocycles. The molecule has 0 spiro atoms. The summed E-state index contributed by atoms with van der Waals surface area (Å²) < 4.78 is 43.4. The largest absolute Gasteiger partial charge is 0.416 e. The molecule has 1 N–H and O–H groups in total. The molecule has 1 fully saturated rings. The molecule has 3 heterocycles. The lowest BCUT2D eigenvalue weighted by Gasteiger charge is -2.25. The van der Waals surface area contributed by atoms with Gasteiger partial charge in [0.1, 0.15) is 6.10 Å². The van der Waals surface area contributed by atoms with Crippen molar-refractivity contribution in [1.29, 1.82) is 0 Å². The number of anilines is 1. The summed E-state index contributed by atoms with van der Waals surface area (Å²) in [5.41, 5.74) is 1.19. The number of hydrogen-bond donors (Lipinski definition) is 1. The predicted octanol–water partition coefficient (Wildman–Crippen LogP) is 3.84. The molecule has 28 heavy (non-hydrogen) atoms. The number of aromatic nitrogens is 1. The van der Waals surface area contributed by atoms with Crippen LogP contribution in [0.2, 0.25) is 0 Å². The molecular weight excluding hydrogens is 391 g/mol. The summed E-state index contributed by atoms with van der Waals surface area (Å²) in [4.78, 5) is 20.0. The van der Waals surface area contributed by atoms with E-state index < -0.39 is 17.8 Å². The number of carbonyl (C=O) groups excluding carboxylic acids is 1. The second kappa shape index (κ2) is 7.81. The van der Waals surface area contributed by atoms with Crippen LogP contribution in [0.1, 0.15) is 34.5 Å². The van der Waals surface area contributed by atoms with Crippen LogP contribution in [0, 0.1) is 0 Å². The van der Waals surface area contributed by atoms with Crippen LogP contribution in [-0.4, -0.2) is 35.0 Å². The van der Waals surface area contributed by atoms with Gasteiger partial charge in [0, 0.05) is 37.5 Å². The zero-order valence-corrected chi connectivity index (χ0v) is 15.9. The van der Waals surface area contributed by atoms with Gasteiger partial charge in [-0.15, -0.1) is 11.3 Å². The van der Waals surface area contributed by atoms with Gasteiger partial charge in [-0.05, 0) is 30.5 Å². The minimum absolute atomic E-state index is 0.148. The Balaban J connectivity index is 1.37. The fraction of sp³-hybridized carbons (Fsp3) is 0.474. The van der Waals surface area contributed by atoms with Crippen molar-refractivity contribution in [3.05, 3.63) is 46.0 Å². The minimum atomic E-state index is -4.31. The van der Waals surface area contributed by atoms with E-state index in [9.17, 15) is 18.0 Å². The zero-order chi connectivity index (χ0) is 19.7. The Morgan fingerprint density at radius 2 is 2.11 bits per heavy atom. The number of rotatable bonds is 4. The van der Waals surface area contributed by atoms with Crippen LogP contribution < -0.4 is 5.32 Å². The molecule has 0 radical (unpaired) electrons. The standard InChI is InChI=1S/C19H20F3N3O2S/c20-19(21,22)13-5-3-12(4-6-13)10-25-8-7-14-16(11-25)28-18(23-14)24-17(26)15-2-1-9-27-15/h3-6,15H,1-2,7-11H2,(H,23,24,26). The zero-order valence-electron chi connectivity index (χ0n) is 15.1. The predicted molar refractivity (Wildman–Crippen MR) is 99.0 cm³/mol. The van der Waals surface area contributed by atoms with Crippen LogP contribution in [0.25, 0.3) is 0 Å².